The van der Waals surface area contributed by atoms with E-state index < -0.39 is 10.0 Å². The smallest absolute Gasteiger partial charge is 0.244 e. The summed E-state index contributed by atoms with van der Waals surface area (Å²) in [6.07, 6.45) is 4.39. The van der Waals surface area contributed by atoms with Gasteiger partial charge in [0.25, 0.3) is 0 Å². The molecular weight excluding hydrogens is 298 g/mol. The van der Waals surface area contributed by atoms with Crippen LogP contribution in [0.4, 0.5) is 0 Å². The van der Waals surface area contributed by atoms with Crippen LogP contribution in [0.3, 0.4) is 0 Å². The Labute approximate surface area is 131 Å². The Morgan fingerprint density at radius 3 is 2.86 bits per heavy atom. The van der Waals surface area contributed by atoms with Crippen LogP contribution in [-0.2, 0) is 10.0 Å². The molecule has 2 heterocycles. The van der Waals surface area contributed by atoms with Crippen molar-refractivity contribution in [2.45, 2.75) is 43.2 Å². The highest BCUT2D eigenvalue weighted by Crippen LogP contribution is 2.30. The Morgan fingerprint density at radius 2 is 2.09 bits per heavy atom. The number of rotatable bonds is 3. The molecule has 1 aromatic carbocycles. The number of fused-ring (bicyclic) bond motifs is 1. The summed E-state index contributed by atoms with van der Waals surface area (Å²) in [4.78, 5) is 4.57. The van der Waals surface area contributed by atoms with Crippen LogP contribution in [0.1, 0.15) is 26.2 Å². The third-order valence-electron chi connectivity index (χ3n) is 4.30. The summed E-state index contributed by atoms with van der Waals surface area (Å²) >= 11 is 0. The lowest BCUT2D eigenvalue weighted by atomic mass is 10.00. The third-order valence-corrected chi connectivity index (χ3v) is 6.28. The Kier molecular flexibility index (Phi) is 4.16. The van der Waals surface area contributed by atoms with Crippen LogP contribution in [-0.4, -0.2) is 36.3 Å². The quantitative estimate of drug-likeness (QED) is 0.940. The highest BCUT2D eigenvalue weighted by atomic mass is 32.2. The first-order chi connectivity index (χ1) is 10.5. The van der Waals surface area contributed by atoms with Gasteiger partial charge in [-0.1, -0.05) is 12.5 Å². The maximum absolute atomic E-state index is 13.2. The molecule has 1 saturated heterocycles. The summed E-state index contributed by atoms with van der Waals surface area (Å²) < 4.78 is 27.9. The second kappa shape index (κ2) is 5.95. The van der Waals surface area contributed by atoms with Crippen molar-refractivity contribution in [2.24, 2.45) is 5.73 Å². The van der Waals surface area contributed by atoms with E-state index in [4.69, 9.17) is 5.73 Å². The number of hydrogen-bond donors (Lipinski definition) is 1. The van der Waals surface area contributed by atoms with Crippen LogP contribution in [0.25, 0.3) is 10.9 Å². The van der Waals surface area contributed by atoms with E-state index in [1.807, 2.05) is 13.0 Å². The first-order valence-corrected chi connectivity index (χ1v) is 9.07. The fourth-order valence-electron chi connectivity index (χ4n) is 3.18. The molecule has 1 aromatic heterocycles. The summed E-state index contributed by atoms with van der Waals surface area (Å²) in [6, 6.07) is 8.49. The maximum Gasteiger partial charge on any atom is 0.244 e. The number of aromatic nitrogens is 1. The molecule has 2 aromatic rings. The molecule has 0 saturated carbocycles. The van der Waals surface area contributed by atoms with Gasteiger partial charge in [0.05, 0.1) is 10.4 Å². The van der Waals surface area contributed by atoms with Crippen molar-refractivity contribution < 1.29 is 8.42 Å². The fourth-order valence-corrected chi connectivity index (χ4v) is 5.16. The van der Waals surface area contributed by atoms with Crippen LogP contribution in [0.5, 0.6) is 0 Å². The molecule has 5 nitrogen and oxygen atoms in total. The highest BCUT2D eigenvalue weighted by molar-refractivity contribution is 7.89. The van der Waals surface area contributed by atoms with Gasteiger partial charge in [-0.3, -0.25) is 4.98 Å². The zero-order valence-electron chi connectivity index (χ0n) is 12.6. The van der Waals surface area contributed by atoms with Gasteiger partial charge in [0.2, 0.25) is 10.0 Å². The van der Waals surface area contributed by atoms with E-state index in [9.17, 15) is 8.42 Å². The third kappa shape index (κ3) is 2.62. The number of pyridine rings is 1. The van der Waals surface area contributed by atoms with Crippen molar-refractivity contribution in [1.82, 2.24) is 9.29 Å². The predicted octanol–water partition coefficient (Wildman–Crippen LogP) is 2.13. The Hall–Kier alpha value is -1.50. The predicted molar refractivity (Wildman–Crippen MR) is 86.9 cm³/mol. The van der Waals surface area contributed by atoms with Crippen LogP contribution >= 0.6 is 0 Å². The summed E-state index contributed by atoms with van der Waals surface area (Å²) in [5, 5.41) is 0.666. The van der Waals surface area contributed by atoms with Gasteiger partial charge in [0.1, 0.15) is 0 Å². The molecule has 2 N–H and O–H groups in total. The Bertz CT molecular complexity index is 769. The van der Waals surface area contributed by atoms with Gasteiger partial charge >= 0.3 is 0 Å². The van der Waals surface area contributed by atoms with Gasteiger partial charge in [0.15, 0.2) is 0 Å². The van der Waals surface area contributed by atoms with E-state index in [2.05, 4.69) is 4.98 Å². The van der Waals surface area contributed by atoms with Crippen molar-refractivity contribution in [3.8, 4) is 0 Å². The van der Waals surface area contributed by atoms with Gasteiger partial charge in [-0.2, -0.15) is 4.31 Å². The second-order valence-electron chi connectivity index (χ2n) is 5.86. The van der Waals surface area contributed by atoms with Crippen molar-refractivity contribution in [3.63, 3.8) is 0 Å². The van der Waals surface area contributed by atoms with E-state index in [-0.39, 0.29) is 12.1 Å². The number of piperidine rings is 1. The largest absolute Gasteiger partial charge is 0.326 e. The molecule has 118 valence electrons. The average Bonchev–Trinajstić information content (AvgIpc) is 2.54. The number of benzene rings is 1. The molecule has 1 aliphatic heterocycles. The van der Waals surface area contributed by atoms with E-state index in [1.54, 1.807) is 34.8 Å². The minimum Gasteiger partial charge on any atom is -0.326 e. The first-order valence-electron chi connectivity index (χ1n) is 7.63. The topological polar surface area (TPSA) is 76.3 Å². The van der Waals surface area contributed by atoms with Crippen LogP contribution in [0.15, 0.2) is 41.4 Å². The molecule has 0 bridgehead atoms. The number of hydrogen-bond acceptors (Lipinski definition) is 4. The molecular formula is C16H21N3O2S. The molecule has 0 aliphatic carbocycles. The lowest BCUT2D eigenvalue weighted by Gasteiger charge is -2.37. The number of nitrogens with two attached hydrogens (primary N) is 1. The monoisotopic (exact) mass is 319 g/mol. The lowest BCUT2D eigenvalue weighted by Crippen LogP contribution is -2.51. The van der Waals surface area contributed by atoms with Crippen molar-refractivity contribution in [2.75, 3.05) is 6.54 Å². The van der Waals surface area contributed by atoms with Gasteiger partial charge in [-0.25, -0.2) is 8.42 Å². The number of sulfonamides is 1. The zero-order chi connectivity index (χ0) is 15.7. The Morgan fingerprint density at radius 1 is 1.27 bits per heavy atom. The molecule has 2 atom stereocenters. The average molecular weight is 319 g/mol. The molecule has 3 rings (SSSR count). The maximum atomic E-state index is 13.2. The summed E-state index contributed by atoms with van der Waals surface area (Å²) in [5.41, 5.74) is 6.72. The number of nitrogens with zero attached hydrogens (tertiary/aromatic N) is 2. The molecule has 1 fully saturated rings. The summed E-state index contributed by atoms with van der Waals surface area (Å²) in [5.74, 6) is 0. The normalized spacial score (nSPS) is 21.8. The standard InChI is InChI=1S/C16H21N3O2S/c1-12(17)15-8-2-3-11-19(15)22(20,21)16-9-4-7-14-13(16)6-5-10-18-14/h4-7,9-10,12,15H,2-3,8,11,17H2,1H3. The van der Waals surface area contributed by atoms with Gasteiger partial charge in [0, 0.05) is 30.2 Å². The van der Waals surface area contributed by atoms with Crippen molar-refractivity contribution in [3.05, 3.63) is 36.5 Å². The SMILES string of the molecule is CC(N)C1CCCCN1S(=O)(=O)c1cccc2ncccc12. The zero-order valence-corrected chi connectivity index (χ0v) is 13.5. The second-order valence-corrected chi connectivity index (χ2v) is 7.72. The molecule has 2 unspecified atom stereocenters. The summed E-state index contributed by atoms with van der Waals surface area (Å²) in [7, 11) is -3.57. The molecule has 6 heteroatoms. The Balaban J connectivity index is 2.11. The van der Waals surface area contributed by atoms with Gasteiger partial charge in [-0.05, 0) is 44.0 Å². The van der Waals surface area contributed by atoms with Gasteiger partial charge in [-0.15, -0.1) is 0 Å². The van der Waals surface area contributed by atoms with Crippen molar-refractivity contribution >= 4 is 20.9 Å². The van der Waals surface area contributed by atoms with E-state index >= 15 is 0 Å². The molecule has 22 heavy (non-hydrogen) atoms. The minimum atomic E-state index is -3.57. The molecule has 1 aliphatic rings. The van der Waals surface area contributed by atoms with Crippen molar-refractivity contribution in [1.29, 1.82) is 0 Å². The molecule has 0 radical (unpaired) electrons. The van der Waals surface area contributed by atoms with Crippen LogP contribution < -0.4 is 5.73 Å². The van der Waals surface area contributed by atoms with Crippen LogP contribution in [0.2, 0.25) is 0 Å². The highest BCUT2D eigenvalue weighted by Gasteiger charge is 2.36. The van der Waals surface area contributed by atoms with E-state index in [1.165, 1.54) is 0 Å². The van der Waals surface area contributed by atoms with E-state index in [0.29, 0.717) is 22.3 Å². The fraction of sp³-hybridized carbons (Fsp3) is 0.438. The lowest BCUT2D eigenvalue weighted by molar-refractivity contribution is 0.227. The minimum absolute atomic E-state index is 0.134. The first kappa shape index (κ1) is 15.4. The van der Waals surface area contributed by atoms with Gasteiger partial charge < -0.3 is 5.73 Å². The van der Waals surface area contributed by atoms with Crippen LogP contribution in [0, 0.1) is 0 Å². The van der Waals surface area contributed by atoms with E-state index in [0.717, 1.165) is 19.3 Å². The molecule has 0 amide bonds. The summed E-state index contributed by atoms with van der Waals surface area (Å²) in [6.45, 7) is 2.41. The molecule has 0 spiro atoms.